The SMILES string of the molecule is Cc1ccccc1C1CCCN1C(=O)NCCOCC(C)C. The van der Waals surface area contributed by atoms with Gasteiger partial charge in [0, 0.05) is 19.7 Å². The predicted molar refractivity (Wildman–Crippen MR) is 88.9 cm³/mol. The Balaban J connectivity index is 1.85. The van der Waals surface area contributed by atoms with E-state index in [1.807, 2.05) is 11.0 Å². The molecule has 1 heterocycles. The van der Waals surface area contributed by atoms with Crippen molar-refractivity contribution in [3.63, 3.8) is 0 Å². The molecule has 0 aromatic heterocycles. The summed E-state index contributed by atoms with van der Waals surface area (Å²) >= 11 is 0. The zero-order valence-electron chi connectivity index (χ0n) is 14.0. The van der Waals surface area contributed by atoms with Crippen molar-refractivity contribution in [1.29, 1.82) is 0 Å². The summed E-state index contributed by atoms with van der Waals surface area (Å²) in [5, 5.41) is 2.98. The van der Waals surface area contributed by atoms with E-state index in [1.165, 1.54) is 11.1 Å². The van der Waals surface area contributed by atoms with Gasteiger partial charge in [0.1, 0.15) is 0 Å². The second kappa shape index (κ2) is 8.18. The molecule has 1 aromatic carbocycles. The Kier molecular flexibility index (Phi) is 6.25. The van der Waals surface area contributed by atoms with Gasteiger partial charge in [0.05, 0.1) is 12.6 Å². The van der Waals surface area contributed by atoms with Crippen molar-refractivity contribution in [2.75, 3.05) is 26.3 Å². The highest BCUT2D eigenvalue weighted by molar-refractivity contribution is 5.75. The van der Waals surface area contributed by atoms with Crippen LogP contribution in [0.4, 0.5) is 4.79 Å². The number of hydrogen-bond donors (Lipinski definition) is 1. The Morgan fingerprint density at radius 2 is 2.18 bits per heavy atom. The Morgan fingerprint density at radius 1 is 1.41 bits per heavy atom. The zero-order valence-corrected chi connectivity index (χ0v) is 14.0. The van der Waals surface area contributed by atoms with E-state index in [9.17, 15) is 4.79 Å². The normalized spacial score (nSPS) is 18.0. The van der Waals surface area contributed by atoms with E-state index in [2.05, 4.69) is 44.3 Å². The molecule has 1 aliphatic heterocycles. The number of hydrogen-bond acceptors (Lipinski definition) is 2. The zero-order chi connectivity index (χ0) is 15.9. The minimum atomic E-state index is 0.0268. The number of ether oxygens (including phenoxy) is 1. The number of carbonyl (C=O) groups is 1. The van der Waals surface area contributed by atoms with E-state index in [0.717, 1.165) is 26.0 Å². The van der Waals surface area contributed by atoms with Crippen LogP contribution in [0.2, 0.25) is 0 Å². The molecule has 0 saturated carbocycles. The monoisotopic (exact) mass is 304 g/mol. The van der Waals surface area contributed by atoms with Crippen molar-refractivity contribution in [3.05, 3.63) is 35.4 Å². The molecule has 2 amide bonds. The quantitative estimate of drug-likeness (QED) is 0.817. The highest BCUT2D eigenvalue weighted by atomic mass is 16.5. The van der Waals surface area contributed by atoms with E-state index < -0.39 is 0 Å². The second-order valence-corrected chi connectivity index (χ2v) is 6.41. The van der Waals surface area contributed by atoms with Crippen LogP contribution in [-0.4, -0.2) is 37.2 Å². The fourth-order valence-electron chi connectivity index (χ4n) is 2.94. The summed E-state index contributed by atoms with van der Waals surface area (Å²) in [5.74, 6) is 0.528. The smallest absolute Gasteiger partial charge is 0.317 e. The predicted octanol–water partition coefficient (Wildman–Crippen LogP) is 3.51. The van der Waals surface area contributed by atoms with Gasteiger partial charge < -0.3 is 15.0 Å². The number of benzene rings is 1. The average molecular weight is 304 g/mol. The largest absolute Gasteiger partial charge is 0.379 e. The van der Waals surface area contributed by atoms with Crippen molar-refractivity contribution < 1.29 is 9.53 Å². The van der Waals surface area contributed by atoms with Crippen LogP contribution in [0.25, 0.3) is 0 Å². The standard InChI is InChI=1S/C18H28N2O2/c1-14(2)13-22-12-10-19-18(21)20-11-6-9-17(20)16-8-5-4-7-15(16)3/h4-5,7-8,14,17H,6,9-13H2,1-3H3,(H,19,21). The van der Waals surface area contributed by atoms with E-state index in [0.29, 0.717) is 19.1 Å². The molecule has 4 nitrogen and oxygen atoms in total. The van der Waals surface area contributed by atoms with Gasteiger partial charge in [-0.2, -0.15) is 0 Å². The number of carbonyl (C=O) groups excluding carboxylic acids is 1. The van der Waals surface area contributed by atoms with Crippen molar-refractivity contribution in [3.8, 4) is 0 Å². The van der Waals surface area contributed by atoms with Crippen molar-refractivity contribution in [2.24, 2.45) is 5.92 Å². The lowest BCUT2D eigenvalue weighted by Gasteiger charge is -2.26. The first-order valence-electron chi connectivity index (χ1n) is 8.27. The molecule has 1 fully saturated rings. The first-order valence-corrected chi connectivity index (χ1v) is 8.27. The molecule has 1 aromatic rings. The molecule has 22 heavy (non-hydrogen) atoms. The van der Waals surface area contributed by atoms with Crippen molar-refractivity contribution >= 4 is 6.03 Å². The summed E-state index contributed by atoms with van der Waals surface area (Å²) in [5.41, 5.74) is 2.53. The van der Waals surface area contributed by atoms with Gasteiger partial charge in [0.2, 0.25) is 0 Å². The lowest BCUT2D eigenvalue weighted by molar-refractivity contribution is 0.110. The molecular weight excluding hydrogens is 276 g/mol. The van der Waals surface area contributed by atoms with E-state index in [4.69, 9.17) is 4.74 Å². The fraction of sp³-hybridized carbons (Fsp3) is 0.611. The van der Waals surface area contributed by atoms with Crippen molar-refractivity contribution in [2.45, 2.75) is 39.7 Å². The van der Waals surface area contributed by atoms with Crippen molar-refractivity contribution in [1.82, 2.24) is 10.2 Å². The van der Waals surface area contributed by atoms with E-state index >= 15 is 0 Å². The Bertz CT molecular complexity index is 488. The first kappa shape index (κ1) is 16.8. The topological polar surface area (TPSA) is 41.6 Å². The second-order valence-electron chi connectivity index (χ2n) is 6.41. The van der Waals surface area contributed by atoms with Crippen LogP contribution in [0.3, 0.4) is 0 Å². The molecule has 1 aliphatic rings. The molecule has 0 radical (unpaired) electrons. The van der Waals surface area contributed by atoms with Gasteiger partial charge in [-0.3, -0.25) is 0 Å². The van der Waals surface area contributed by atoms with Crippen LogP contribution in [-0.2, 0) is 4.74 Å². The number of urea groups is 1. The maximum Gasteiger partial charge on any atom is 0.317 e. The summed E-state index contributed by atoms with van der Waals surface area (Å²) in [4.78, 5) is 14.4. The molecule has 1 atom stereocenters. The van der Waals surface area contributed by atoms with Crippen LogP contribution in [0.15, 0.2) is 24.3 Å². The minimum absolute atomic E-state index is 0.0268. The Hall–Kier alpha value is -1.55. The van der Waals surface area contributed by atoms with Gasteiger partial charge in [-0.15, -0.1) is 0 Å². The molecule has 2 rings (SSSR count). The summed E-state index contributed by atoms with van der Waals surface area (Å²) < 4.78 is 5.51. The fourth-order valence-corrected chi connectivity index (χ4v) is 2.94. The third-order valence-corrected chi connectivity index (χ3v) is 4.03. The van der Waals surface area contributed by atoms with Crippen LogP contribution in [0, 0.1) is 12.8 Å². The number of likely N-dealkylation sites (tertiary alicyclic amines) is 1. The van der Waals surface area contributed by atoms with Gasteiger partial charge >= 0.3 is 6.03 Å². The summed E-state index contributed by atoms with van der Waals surface area (Å²) in [6, 6.07) is 8.58. The number of rotatable bonds is 6. The maximum atomic E-state index is 12.4. The molecule has 0 bridgehead atoms. The molecule has 0 spiro atoms. The first-order chi connectivity index (χ1) is 10.6. The highest BCUT2D eigenvalue weighted by Gasteiger charge is 2.30. The van der Waals surface area contributed by atoms with Gasteiger partial charge in [-0.25, -0.2) is 4.79 Å². The summed E-state index contributed by atoms with van der Waals surface area (Å²) in [6.45, 7) is 9.08. The van der Waals surface area contributed by atoms with Gasteiger partial charge in [0.25, 0.3) is 0 Å². The molecule has 4 heteroatoms. The summed E-state index contributed by atoms with van der Waals surface area (Å²) in [6.07, 6.45) is 2.11. The third kappa shape index (κ3) is 4.47. The molecule has 1 unspecified atom stereocenters. The van der Waals surface area contributed by atoms with E-state index in [-0.39, 0.29) is 12.1 Å². The maximum absolute atomic E-state index is 12.4. The number of nitrogens with one attached hydrogen (secondary N) is 1. The molecule has 0 aliphatic carbocycles. The lowest BCUT2D eigenvalue weighted by Crippen LogP contribution is -2.41. The average Bonchev–Trinajstić information content (AvgIpc) is 2.96. The van der Waals surface area contributed by atoms with Crippen LogP contribution < -0.4 is 5.32 Å². The molecular formula is C18H28N2O2. The Labute approximate surface area is 133 Å². The van der Waals surface area contributed by atoms with Gasteiger partial charge in [0.15, 0.2) is 0 Å². The molecule has 1 saturated heterocycles. The van der Waals surface area contributed by atoms with Gasteiger partial charge in [-0.1, -0.05) is 38.1 Å². The molecule has 1 N–H and O–H groups in total. The van der Waals surface area contributed by atoms with Gasteiger partial charge in [-0.05, 0) is 36.8 Å². The van der Waals surface area contributed by atoms with E-state index in [1.54, 1.807) is 0 Å². The molecule has 122 valence electrons. The highest BCUT2D eigenvalue weighted by Crippen LogP contribution is 2.33. The number of amides is 2. The Morgan fingerprint density at radius 3 is 2.91 bits per heavy atom. The summed E-state index contributed by atoms with van der Waals surface area (Å²) in [7, 11) is 0. The third-order valence-electron chi connectivity index (χ3n) is 4.03. The van der Waals surface area contributed by atoms with Crippen LogP contribution in [0.1, 0.15) is 43.9 Å². The number of aryl methyl sites for hydroxylation is 1. The lowest BCUT2D eigenvalue weighted by atomic mass is 9.99. The van der Waals surface area contributed by atoms with Crippen LogP contribution in [0.5, 0.6) is 0 Å². The number of nitrogens with zero attached hydrogens (tertiary/aromatic N) is 1. The van der Waals surface area contributed by atoms with Crippen LogP contribution >= 0.6 is 0 Å². The minimum Gasteiger partial charge on any atom is -0.379 e.